The average molecular weight is 257 g/mol. The molecule has 1 heterocycles. The van der Waals surface area contributed by atoms with Gasteiger partial charge in [0.15, 0.2) is 5.75 Å². The topological polar surface area (TPSA) is 59.2 Å². The van der Waals surface area contributed by atoms with E-state index in [1.54, 1.807) is 6.20 Å². The highest BCUT2D eigenvalue weighted by atomic mass is 32.2. The molecule has 5 heteroatoms. The fourth-order valence-corrected chi connectivity index (χ4v) is 2.50. The van der Waals surface area contributed by atoms with Crippen molar-refractivity contribution in [3.63, 3.8) is 0 Å². The summed E-state index contributed by atoms with van der Waals surface area (Å²) < 4.78 is 16.8. The molecule has 1 aromatic heterocycles. The number of rotatable bonds is 7. The smallest absolute Gasteiger partial charge is 0.223 e. The molecule has 0 saturated heterocycles. The maximum absolute atomic E-state index is 11.6. The van der Waals surface area contributed by atoms with Crippen molar-refractivity contribution in [3.8, 4) is 5.75 Å². The molecule has 0 aliphatic heterocycles. The Morgan fingerprint density at radius 3 is 2.71 bits per heavy atom. The average Bonchev–Trinajstić information content (AvgIpc) is 2.28. The molecule has 0 aliphatic carbocycles. The van der Waals surface area contributed by atoms with E-state index in [0.29, 0.717) is 29.6 Å². The Kier molecular flexibility index (Phi) is 5.97. The van der Waals surface area contributed by atoms with Gasteiger partial charge in [-0.1, -0.05) is 13.8 Å². The van der Waals surface area contributed by atoms with Gasteiger partial charge in [0, 0.05) is 34.5 Å². The summed E-state index contributed by atoms with van der Waals surface area (Å²) in [5.74, 6) is 1.39. The Morgan fingerprint density at radius 1 is 1.35 bits per heavy atom. The number of hydrogen-bond donors (Lipinski definition) is 1. The lowest BCUT2D eigenvalue weighted by Gasteiger charge is -2.05. The summed E-state index contributed by atoms with van der Waals surface area (Å²) in [6, 6.07) is 1.47. The molecule has 96 valence electrons. The molecule has 17 heavy (non-hydrogen) atoms. The van der Waals surface area contributed by atoms with Crippen LogP contribution in [0.2, 0.25) is 0 Å². The maximum atomic E-state index is 11.6. The second-order valence-electron chi connectivity index (χ2n) is 3.82. The van der Waals surface area contributed by atoms with E-state index in [4.69, 9.17) is 4.74 Å². The fraction of sp³-hybridized carbons (Fsp3) is 0.583. The van der Waals surface area contributed by atoms with Crippen LogP contribution >= 0.6 is 0 Å². The minimum absolute atomic E-state index is 0.152. The highest BCUT2D eigenvalue weighted by Crippen LogP contribution is 2.05. The van der Waals surface area contributed by atoms with Crippen molar-refractivity contribution in [2.24, 2.45) is 0 Å². The molecular weight excluding hydrogens is 238 g/mol. The molecular formula is C12H19NO3S. The minimum atomic E-state index is -0.902. The van der Waals surface area contributed by atoms with E-state index in [0.717, 1.165) is 12.8 Å². The number of H-pyrrole nitrogens is 1. The Balaban J connectivity index is 2.68. The molecule has 4 nitrogen and oxygen atoms in total. The van der Waals surface area contributed by atoms with E-state index >= 15 is 0 Å². The van der Waals surface area contributed by atoms with Crippen molar-refractivity contribution in [2.45, 2.75) is 32.4 Å². The Hall–Kier alpha value is -1.10. The quantitative estimate of drug-likeness (QED) is 0.810. The highest BCUT2D eigenvalue weighted by molar-refractivity contribution is 7.84. The first-order chi connectivity index (χ1) is 8.17. The van der Waals surface area contributed by atoms with E-state index < -0.39 is 10.8 Å². The number of aromatic nitrogens is 1. The second kappa shape index (κ2) is 7.27. The van der Waals surface area contributed by atoms with Gasteiger partial charge in [0.1, 0.15) is 0 Å². The number of aromatic amines is 1. The number of pyridine rings is 1. The van der Waals surface area contributed by atoms with Crippen LogP contribution < -0.4 is 10.2 Å². The van der Waals surface area contributed by atoms with Gasteiger partial charge in [-0.3, -0.25) is 9.00 Å². The molecule has 0 bridgehead atoms. The summed E-state index contributed by atoms with van der Waals surface area (Å²) in [4.78, 5) is 14.6. The van der Waals surface area contributed by atoms with Gasteiger partial charge in [-0.15, -0.1) is 0 Å². The molecule has 1 N–H and O–H groups in total. The van der Waals surface area contributed by atoms with Crippen LogP contribution in [-0.4, -0.2) is 21.6 Å². The fourth-order valence-electron chi connectivity index (χ4n) is 1.38. The van der Waals surface area contributed by atoms with Crippen LogP contribution in [0.5, 0.6) is 5.75 Å². The molecule has 1 rings (SSSR count). The number of ether oxygens (including phenoxy) is 1. The standard InChI is InChI=1S/C12H19NO3S/c1-3-5-16-12-8-13-10(7-11(12)14)9-17(15)6-4-2/h7-8H,3-6,9H2,1-2H3,(H,13,14). The summed E-state index contributed by atoms with van der Waals surface area (Å²) in [5, 5.41) is 0. The lowest BCUT2D eigenvalue weighted by molar-refractivity contribution is 0.313. The first-order valence-electron chi connectivity index (χ1n) is 5.86. The van der Waals surface area contributed by atoms with Crippen molar-refractivity contribution in [3.05, 3.63) is 28.2 Å². The van der Waals surface area contributed by atoms with Crippen LogP contribution in [0.1, 0.15) is 32.4 Å². The normalized spacial score (nSPS) is 12.4. The maximum Gasteiger partial charge on any atom is 0.223 e. The lowest BCUT2D eigenvalue weighted by Crippen LogP contribution is -2.11. The van der Waals surface area contributed by atoms with Gasteiger partial charge in [-0.25, -0.2) is 0 Å². The largest absolute Gasteiger partial charge is 0.488 e. The van der Waals surface area contributed by atoms with Crippen LogP contribution in [0.25, 0.3) is 0 Å². The van der Waals surface area contributed by atoms with E-state index in [1.807, 2.05) is 13.8 Å². The molecule has 1 aromatic rings. The third-order valence-electron chi connectivity index (χ3n) is 2.15. The monoisotopic (exact) mass is 257 g/mol. The molecule has 1 unspecified atom stereocenters. The molecule has 0 radical (unpaired) electrons. The summed E-state index contributed by atoms with van der Waals surface area (Å²) in [6.07, 6.45) is 3.30. The third-order valence-corrected chi connectivity index (χ3v) is 3.64. The highest BCUT2D eigenvalue weighted by Gasteiger charge is 2.05. The van der Waals surface area contributed by atoms with E-state index in [2.05, 4.69) is 4.98 Å². The number of hydrogen-bond acceptors (Lipinski definition) is 3. The summed E-state index contributed by atoms with van der Waals surface area (Å²) in [7, 11) is -0.902. The van der Waals surface area contributed by atoms with Gasteiger partial charge in [0.05, 0.1) is 12.4 Å². The summed E-state index contributed by atoms with van der Waals surface area (Å²) >= 11 is 0. The molecule has 1 atom stereocenters. The Bertz CT molecular complexity index is 428. The zero-order valence-electron chi connectivity index (χ0n) is 10.3. The van der Waals surface area contributed by atoms with Gasteiger partial charge < -0.3 is 9.72 Å². The molecule has 0 aliphatic rings. The molecule has 0 fully saturated rings. The van der Waals surface area contributed by atoms with Gasteiger partial charge in [-0.05, 0) is 12.8 Å². The third kappa shape index (κ3) is 4.73. The van der Waals surface area contributed by atoms with Crippen molar-refractivity contribution in [1.82, 2.24) is 4.98 Å². The minimum Gasteiger partial charge on any atom is -0.488 e. The summed E-state index contributed by atoms with van der Waals surface area (Å²) in [6.45, 7) is 4.50. The van der Waals surface area contributed by atoms with E-state index in [9.17, 15) is 9.00 Å². The zero-order valence-corrected chi connectivity index (χ0v) is 11.1. The Labute approximate surface area is 104 Å². The predicted octanol–water partition coefficient (Wildman–Crippen LogP) is 1.82. The number of nitrogens with one attached hydrogen (secondary N) is 1. The van der Waals surface area contributed by atoms with E-state index in [-0.39, 0.29) is 5.43 Å². The first kappa shape index (κ1) is 14.0. The predicted molar refractivity (Wildman–Crippen MR) is 69.9 cm³/mol. The molecule has 0 spiro atoms. The molecule has 0 saturated carbocycles. The molecule has 0 amide bonds. The van der Waals surface area contributed by atoms with Gasteiger partial charge >= 0.3 is 0 Å². The van der Waals surface area contributed by atoms with Crippen LogP contribution in [0.4, 0.5) is 0 Å². The van der Waals surface area contributed by atoms with Crippen molar-refractivity contribution < 1.29 is 8.95 Å². The van der Waals surface area contributed by atoms with Crippen molar-refractivity contribution in [1.29, 1.82) is 0 Å². The first-order valence-corrected chi connectivity index (χ1v) is 7.35. The SMILES string of the molecule is CCCOc1c[nH]c(CS(=O)CCC)cc1=O. The van der Waals surface area contributed by atoms with Crippen LogP contribution in [0, 0.1) is 0 Å². The second-order valence-corrected chi connectivity index (χ2v) is 5.40. The van der Waals surface area contributed by atoms with Crippen LogP contribution in [0.3, 0.4) is 0 Å². The van der Waals surface area contributed by atoms with Gasteiger partial charge in [0.2, 0.25) is 5.43 Å². The van der Waals surface area contributed by atoms with Crippen molar-refractivity contribution >= 4 is 10.8 Å². The lowest BCUT2D eigenvalue weighted by atomic mass is 10.3. The van der Waals surface area contributed by atoms with Crippen LogP contribution in [-0.2, 0) is 16.6 Å². The van der Waals surface area contributed by atoms with Gasteiger partial charge in [-0.2, -0.15) is 0 Å². The van der Waals surface area contributed by atoms with Crippen molar-refractivity contribution in [2.75, 3.05) is 12.4 Å². The Morgan fingerprint density at radius 2 is 2.12 bits per heavy atom. The summed E-state index contributed by atoms with van der Waals surface area (Å²) in [5.41, 5.74) is 0.548. The molecule has 0 aromatic carbocycles. The van der Waals surface area contributed by atoms with E-state index in [1.165, 1.54) is 6.07 Å². The zero-order chi connectivity index (χ0) is 12.7. The van der Waals surface area contributed by atoms with Gasteiger partial charge in [0.25, 0.3) is 0 Å². The van der Waals surface area contributed by atoms with Crippen LogP contribution in [0.15, 0.2) is 17.1 Å².